The van der Waals surface area contributed by atoms with Crippen LogP contribution in [-0.4, -0.2) is 43.5 Å². The predicted octanol–water partition coefficient (Wildman–Crippen LogP) is 3.00. The summed E-state index contributed by atoms with van der Waals surface area (Å²) in [6.07, 6.45) is 1.05. The van der Waals surface area contributed by atoms with Crippen LogP contribution in [0.4, 0.5) is 10.1 Å². The van der Waals surface area contributed by atoms with Gasteiger partial charge in [-0.2, -0.15) is 0 Å². The van der Waals surface area contributed by atoms with E-state index in [1.807, 2.05) is 12.1 Å². The molecule has 0 amide bonds. The Kier molecular flexibility index (Phi) is 6.76. The second-order valence-electron chi connectivity index (χ2n) is 4.35. The van der Waals surface area contributed by atoms with Gasteiger partial charge in [0.2, 0.25) is 0 Å². The maximum atomic E-state index is 12.8. The fourth-order valence-electron chi connectivity index (χ4n) is 2.16. The van der Waals surface area contributed by atoms with Crippen LogP contribution in [0, 0.1) is 5.82 Å². The molecule has 0 unspecified atom stereocenters. The predicted molar refractivity (Wildman–Crippen MR) is 77.6 cm³/mol. The molecule has 0 radical (unpaired) electrons. The minimum atomic E-state index is -0.172. The van der Waals surface area contributed by atoms with Crippen LogP contribution >= 0.6 is 24.0 Å². The van der Waals surface area contributed by atoms with E-state index in [1.54, 1.807) is 0 Å². The molecule has 1 heterocycles. The maximum Gasteiger partial charge on any atom is 0.123 e. The number of alkyl halides is 1. The van der Waals surface area contributed by atoms with E-state index in [4.69, 9.17) is 11.6 Å². The number of anilines is 1. The number of nitrogens with zero attached hydrogens (tertiary/aromatic N) is 2. The van der Waals surface area contributed by atoms with Gasteiger partial charge in [0.25, 0.3) is 0 Å². The quantitative estimate of drug-likeness (QED) is 0.787. The zero-order valence-electron chi connectivity index (χ0n) is 10.3. The molecule has 0 N–H and O–H groups in total. The summed E-state index contributed by atoms with van der Waals surface area (Å²) < 4.78 is 12.8. The molecule has 0 spiro atoms. The third kappa shape index (κ3) is 4.30. The Balaban J connectivity index is 0.00000162. The number of rotatable bonds is 4. The normalized spacial score (nSPS) is 16.4. The number of hydrogen-bond acceptors (Lipinski definition) is 2. The fourth-order valence-corrected chi connectivity index (χ4v) is 2.28. The summed E-state index contributed by atoms with van der Waals surface area (Å²) >= 11 is 5.69. The van der Waals surface area contributed by atoms with Crippen LogP contribution < -0.4 is 4.90 Å². The zero-order valence-corrected chi connectivity index (χ0v) is 11.9. The van der Waals surface area contributed by atoms with Crippen molar-refractivity contribution < 1.29 is 4.39 Å². The lowest BCUT2D eigenvalue weighted by Crippen LogP contribution is -2.46. The van der Waals surface area contributed by atoms with Crippen molar-refractivity contribution in [1.29, 1.82) is 0 Å². The lowest BCUT2D eigenvalue weighted by atomic mass is 10.2. The first-order valence-electron chi connectivity index (χ1n) is 6.08. The van der Waals surface area contributed by atoms with Gasteiger partial charge < -0.3 is 4.90 Å². The van der Waals surface area contributed by atoms with Crippen LogP contribution in [0.1, 0.15) is 6.42 Å². The minimum Gasteiger partial charge on any atom is -0.369 e. The third-order valence-electron chi connectivity index (χ3n) is 3.17. The molecule has 1 aliphatic heterocycles. The van der Waals surface area contributed by atoms with Crippen molar-refractivity contribution in [1.82, 2.24) is 4.90 Å². The van der Waals surface area contributed by atoms with Gasteiger partial charge in [-0.3, -0.25) is 4.90 Å². The van der Waals surface area contributed by atoms with Crippen LogP contribution in [0.15, 0.2) is 24.3 Å². The molecule has 5 heteroatoms. The van der Waals surface area contributed by atoms with Gasteiger partial charge in [0.05, 0.1) is 0 Å². The van der Waals surface area contributed by atoms with Crippen molar-refractivity contribution in [2.45, 2.75) is 6.42 Å². The Hall–Kier alpha value is -0.510. The summed E-state index contributed by atoms with van der Waals surface area (Å²) in [6.45, 7) is 5.23. The Morgan fingerprint density at radius 2 is 1.67 bits per heavy atom. The molecule has 0 bridgehead atoms. The molecule has 0 aromatic heterocycles. The molecule has 102 valence electrons. The largest absolute Gasteiger partial charge is 0.369 e. The Bertz CT molecular complexity index is 337. The first-order chi connectivity index (χ1) is 8.29. The van der Waals surface area contributed by atoms with Crippen molar-refractivity contribution in [3.8, 4) is 0 Å². The fraction of sp³-hybridized carbons (Fsp3) is 0.538. The number of hydrogen-bond donors (Lipinski definition) is 0. The van der Waals surface area contributed by atoms with E-state index < -0.39 is 0 Å². The van der Waals surface area contributed by atoms with E-state index in [9.17, 15) is 4.39 Å². The lowest BCUT2D eigenvalue weighted by Gasteiger charge is -2.36. The molecule has 2 rings (SSSR count). The van der Waals surface area contributed by atoms with E-state index in [-0.39, 0.29) is 18.2 Å². The minimum absolute atomic E-state index is 0. The molecule has 18 heavy (non-hydrogen) atoms. The van der Waals surface area contributed by atoms with Crippen molar-refractivity contribution in [3.63, 3.8) is 0 Å². The Labute approximate surface area is 119 Å². The highest BCUT2D eigenvalue weighted by molar-refractivity contribution is 6.17. The van der Waals surface area contributed by atoms with Gasteiger partial charge in [0.1, 0.15) is 5.82 Å². The Morgan fingerprint density at radius 1 is 1.06 bits per heavy atom. The second kappa shape index (κ2) is 7.82. The zero-order chi connectivity index (χ0) is 12.1. The first-order valence-corrected chi connectivity index (χ1v) is 6.62. The molecule has 0 aliphatic carbocycles. The average Bonchev–Trinajstić information content (AvgIpc) is 2.38. The molecule has 1 aromatic carbocycles. The van der Waals surface area contributed by atoms with Crippen molar-refractivity contribution in [2.75, 3.05) is 43.5 Å². The Morgan fingerprint density at radius 3 is 2.22 bits per heavy atom. The molecular weight excluding hydrogens is 274 g/mol. The topological polar surface area (TPSA) is 6.48 Å². The lowest BCUT2D eigenvalue weighted by molar-refractivity contribution is 0.259. The van der Waals surface area contributed by atoms with E-state index in [0.717, 1.165) is 50.7 Å². The molecule has 0 atom stereocenters. The van der Waals surface area contributed by atoms with E-state index in [0.29, 0.717) is 0 Å². The molecule has 1 saturated heterocycles. The standard InChI is InChI=1S/C13H18ClFN2.ClH/c14-6-1-7-16-8-10-17(11-9-16)13-4-2-12(15)3-5-13;/h2-5H,1,6-11H2;1H. The van der Waals surface area contributed by atoms with Crippen molar-refractivity contribution in [3.05, 3.63) is 30.1 Å². The van der Waals surface area contributed by atoms with Gasteiger partial charge in [-0.25, -0.2) is 4.39 Å². The van der Waals surface area contributed by atoms with Crippen LogP contribution in [0.25, 0.3) is 0 Å². The summed E-state index contributed by atoms with van der Waals surface area (Å²) in [6, 6.07) is 6.75. The second-order valence-corrected chi connectivity index (χ2v) is 4.73. The third-order valence-corrected chi connectivity index (χ3v) is 3.44. The van der Waals surface area contributed by atoms with Gasteiger partial charge in [-0.15, -0.1) is 24.0 Å². The van der Waals surface area contributed by atoms with Gasteiger partial charge in [0.15, 0.2) is 0 Å². The van der Waals surface area contributed by atoms with Crippen LogP contribution in [-0.2, 0) is 0 Å². The summed E-state index contributed by atoms with van der Waals surface area (Å²) in [5, 5.41) is 0. The smallest absolute Gasteiger partial charge is 0.123 e. The average molecular weight is 293 g/mol. The molecule has 1 aromatic rings. The maximum absolute atomic E-state index is 12.8. The van der Waals surface area contributed by atoms with Gasteiger partial charge >= 0.3 is 0 Å². The van der Waals surface area contributed by atoms with E-state index >= 15 is 0 Å². The van der Waals surface area contributed by atoms with Gasteiger partial charge in [-0.05, 0) is 37.2 Å². The molecular formula is C13H19Cl2FN2. The summed E-state index contributed by atoms with van der Waals surface area (Å²) in [7, 11) is 0. The first kappa shape index (κ1) is 15.5. The number of benzene rings is 1. The molecule has 1 fully saturated rings. The summed E-state index contributed by atoms with van der Waals surface area (Å²) in [5.74, 6) is 0.563. The van der Waals surface area contributed by atoms with Crippen molar-refractivity contribution in [2.24, 2.45) is 0 Å². The highest BCUT2D eigenvalue weighted by Crippen LogP contribution is 2.16. The molecule has 2 nitrogen and oxygen atoms in total. The van der Waals surface area contributed by atoms with Crippen LogP contribution in [0.5, 0.6) is 0 Å². The van der Waals surface area contributed by atoms with E-state index in [2.05, 4.69) is 9.80 Å². The van der Waals surface area contributed by atoms with Gasteiger partial charge in [-0.1, -0.05) is 0 Å². The van der Waals surface area contributed by atoms with Crippen LogP contribution in [0.3, 0.4) is 0 Å². The van der Waals surface area contributed by atoms with E-state index in [1.165, 1.54) is 12.1 Å². The molecule has 1 aliphatic rings. The van der Waals surface area contributed by atoms with Crippen LogP contribution in [0.2, 0.25) is 0 Å². The van der Waals surface area contributed by atoms with Crippen molar-refractivity contribution >= 4 is 29.7 Å². The summed E-state index contributed by atoms with van der Waals surface area (Å²) in [4.78, 5) is 4.74. The SMILES string of the molecule is Cl.Fc1ccc(N2CCN(CCCCl)CC2)cc1. The monoisotopic (exact) mass is 292 g/mol. The highest BCUT2D eigenvalue weighted by Gasteiger charge is 2.16. The summed E-state index contributed by atoms with van der Waals surface area (Å²) in [5.41, 5.74) is 1.11. The highest BCUT2D eigenvalue weighted by atomic mass is 35.5. The number of piperazine rings is 1. The van der Waals surface area contributed by atoms with Gasteiger partial charge in [0, 0.05) is 37.7 Å². The molecule has 0 saturated carbocycles. The number of halogens is 3.